The number of para-hydroxylation sites is 1. The normalized spacial score (nSPS) is 11.9. The van der Waals surface area contributed by atoms with E-state index in [1.807, 2.05) is 0 Å². The Morgan fingerprint density at radius 3 is 2.71 bits per heavy atom. The minimum atomic E-state index is -0.417. The summed E-state index contributed by atoms with van der Waals surface area (Å²) in [6, 6.07) is 6.58. The minimum absolute atomic E-state index is 0.291. The lowest BCUT2D eigenvalue weighted by Crippen LogP contribution is -2.17. The fourth-order valence-corrected chi connectivity index (χ4v) is 0.954. The molecule has 0 bridgehead atoms. The molecule has 14 heavy (non-hydrogen) atoms. The number of benzene rings is 1. The van der Waals surface area contributed by atoms with Gasteiger partial charge in [-0.25, -0.2) is 0 Å². The van der Waals surface area contributed by atoms with E-state index in [2.05, 4.69) is 15.9 Å². The van der Waals surface area contributed by atoms with Gasteiger partial charge in [-0.15, -0.1) is 0 Å². The molecular formula is C10H9BrO3. The van der Waals surface area contributed by atoms with E-state index in [-0.39, 0.29) is 4.83 Å². The van der Waals surface area contributed by atoms with Gasteiger partial charge >= 0.3 is 5.97 Å². The predicted octanol–water partition coefficient (Wildman–Crippen LogP) is 2.19. The van der Waals surface area contributed by atoms with E-state index in [4.69, 9.17) is 4.74 Å². The molecule has 1 unspecified atom stereocenters. The van der Waals surface area contributed by atoms with E-state index in [9.17, 15) is 9.59 Å². The molecule has 0 N–H and O–H groups in total. The third-order valence-electron chi connectivity index (χ3n) is 1.58. The van der Waals surface area contributed by atoms with Gasteiger partial charge in [0.1, 0.15) is 10.6 Å². The molecule has 4 heteroatoms. The van der Waals surface area contributed by atoms with Crippen molar-refractivity contribution in [2.75, 3.05) is 0 Å². The highest BCUT2D eigenvalue weighted by Crippen LogP contribution is 2.17. The van der Waals surface area contributed by atoms with Crippen LogP contribution in [-0.4, -0.2) is 17.1 Å². The van der Waals surface area contributed by atoms with Crippen molar-refractivity contribution in [1.29, 1.82) is 0 Å². The molecule has 0 fully saturated rings. The van der Waals surface area contributed by atoms with Crippen LogP contribution in [-0.2, 0) is 4.79 Å². The Balaban J connectivity index is 2.85. The Bertz CT molecular complexity index is 347. The summed E-state index contributed by atoms with van der Waals surface area (Å²) >= 11 is 3.08. The van der Waals surface area contributed by atoms with Crippen LogP contribution in [0.5, 0.6) is 5.75 Å². The smallest absolute Gasteiger partial charge is 0.324 e. The molecule has 0 aromatic heterocycles. The van der Waals surface area contributed by atoms with Crippen LogP contribution in [0.4, 0.5) is 0 Å². The first kappa shape index (κ1) is 10.9. The van der Waals surface area contributed by atoms with Crippen LogP contribution in [0, 0.1) is 0 Å². The lowest BCUT2D eigenvalue weighted by atomic mass is 10.2. The number of aldehydes is 1. The first-order valence-corrected chi connectivity index (χ1v) is 4.96. The maximum absolute atomic E-state index is 11.2. The molecule has 0 aliphatic carbocycles. The highest BCUT2D eigenvalue weighted by molar-refractivity contribution is 9.10. The van der Waals surface area contributed by atoms with Crippen LogP contribution >= 0.6 is 15.9 Å². The minimum Gasteiger partial charge on any atom is -0.425 e. The van der Waals surface area contributed by atoms with Crippen molar-refractivity contribution in [1.82, 2.24) is 0 Å². The first-order chi connectivity index (χ1) is 6.65. The summed E-state index contributed by atoms with van der Waals surface area (Å²) in [5, 5.41) is 0. The van der Waals surface area contributed by atoms with Crippen molar-refractivity contribution in [3.8, 4) is 5.75 Å². The molecule has 1 rings (SSSR count). The van der Waals surface area contributed by atoms with E-state index in [1.165, 1.54) is 0 Å². The predicted molar refractivity (Wildman–Crippen MR) is 55.9 cm³/mol. The van der Waals surface area contributed by atoms with Crippen LogP contribution < -0.4 is 4.74 Å². The number of alkyl halides is 1. The zero-order chi connectivity index (χ0) is 10.6. The summed E-state index contributed by atoms with van der Waals surface area (Å²) in [6.45, 7) is 1.66. The highest BCUT2D eigenvalue weighted by atomic mass is 79.9. The summed E-state index contributed by atoms with van der Waals surface area (Å²) < 4.78 is 4.98. The summed E-state index contributed by atoms with van der Waals surface area (Å²) in [4.78, 5) is 21.4. The largest absolute Gasteiger partial charge is 0.425 e. The Labute approximate surface area is 90.2 Å². The average Bonchev–Trinajstić information content (AvgIpc) is 2.18. The Hall–Kier alpha value is -1.16. The third kappa shape index (κ3) is 2.67. The molecule has 3 nitrogen and oxygen atoms in total. The van der Waals surface area contributed by atoms with E-state index in [0.717, 1.165) is 0 Å². The topological polar surface area (TPSA) is 43.4 Å². The molecule has 0 heterocycles. The number of carbonyl (C=O) groups excluding carboxylic acids is 2. The van der Waals surface area contributed by atoms with Crippen LogP contribution in [0.1, 0.15) is 17.3 Å². The molecule has 0 saturated heterocycles. The van der Waals surface area contributed by atoms with Crippen molar-refractivity contribution in [3.63, 3.8) is 0 Å². The summed E-state index contributed by atoms with van der Waals surface area (Å²) in [5.41, 5.74) is 0.369. The Morgan fingerprint density at radius 1 is 1.50 bits per heavy atom. The first-order valence-electron chi connectivity index (χ1n) is 4.05. The van der Waals surface area contributed by atoms with Crippen LogP contribution in [0.25, 0.3) is 0 Å². The molecule has 1 aromatic carbocycles. The lowest BCUT2D eigenvalue weighted by molar-refractivity contribution is -0.133. The quantitative estimate of drug-likeness (QED) is 0.361. The standard InChI is InChI=1S/C10H9BrO3/c1-7(11)10(13)14-9-5-3-2-4-8(9)6-12/h2-7H,1H3. The van der Waals surface area contributed by atoms with Crippen LogP contribution in [0.2, 0.25) is 0 Å². The maximum atomic E-state index is 11.2. The third-order valence-corrected chi connectivity index (χ3v) is 1.96. The van der Waals surface area contributed by atoms with Crippen molar-refractivity contribution >= 4 is 28.2 Å². The number of rotatable bonds is 3. The molecule has 0 saturated carbocycles. The SMILES string of the molecule is CC(Br)C(=O)Oc1ccccc1C=O. The van der Waals surface area contributed by atoms with E-state index >= 15 is 0 Å². The number of carbonyl (C=O) groups is 2. The van der Waals surface area contributed by atoms with Crippen molar-refractivity contribution in [2.24, 2.45) is 0 Å². The van der Waals surface area contributed by atoms with Gasteiger partial charge in [0, 0.05) is 0 Å². The molecule has 0 aliphatic rings. The van der Waals surface area contributed by atoms with Gasteiger partial charge in [-0.3, -0.25) is 9.59 Å². The van der Waals surface area contributed by atoms with Crippen LogP contribution in [0.3, 0.4) is 0 Å². The van der Waals surface area contributed by atoms with Gasteiger partial charge in [-0.2, -0.15) is 0 Å². The van der Waals surface area contributed by atoms with E-state index < -0.39 is 5.97 Å². The van der Waals surface area contributed by atoms with Crippen molar-refractivity contribution in [3.05, 3.63) is 29.8 Å². The molecular weight excluding hydrogens is 248 g/mol. The Morgan fingerprint density at radius 2 is 2.14 bits per heavy atom. The van der Waals surface area contributed by atoms with E-state index in [0.29, 0.717) is 17.6 Å². The van der Waals surface area contributed by atoms with Gasteiger partial charge in [0.2, 0.25) is 0 Å². The molecule has 1 aromatic rings. The highest BCUT2D eigenvalue weighted by Gasteiger charge is 2.12. The molecule has 0 amide bonds. The zero-order valence-corrected chi connectivity index (χ0v) is 9.15. The molecule has 0 radical (unpaired) electrons. The van der Waals surface area contributed by atoms with Gasteiger partial charge < -0.3 is 4.74 Å². The number of halogens is 1. The number of hydrogen-bond acceptors (Lipinski definition) is 3. The van der Waals surface area contributed by atoms with Gasteiger partial charge in [0.05, 0.1) is 5.56 Å². The van der Waals surface area contributed by atoms with Gasteiger partial charge in [0.25, 0.3) is 0 Å². The average molecular weight is 257 g/mol. The zero-order valence-electron chi connectivity index (χ0n) is 7.57. The monoisotopic (exact) mass is 256 g/mol. The number of esters is 1. The van der Waals surface area contributed by atoms with Crippen molar-refractivity contribution < 1.29 is 14.3 Å². The second-order valence-corrected chi connectivity index (χ2v) is 4.07. The summed E-state index contributed by atoms with van der Waals surface area (Å²) in [6.07, 6.45) is 0.654. The maximum Gasteiger partial charge on any atom is 0.324 e. The van der Waals surface area contributed by atoms with Crippen LogP contribution in [0.15, 0.2) is 24.3 Å². The van der Waals surface area contributed by atoms with Gasteiger partial charge in [-0.05, 0) is 19.1 Å². The second-order valence-electron chi connectivity index (χ2n) is 2.69. The fraction of sp³-hybridized carbons (Fsp3) is 0.200. The van der Waals surface area contributed by atoms with Crippen molar-refractivity contribution in [2.45, 2.75) is 11.8 Å². The number of hydrogen-bond donors (Lipinski definition) is 0. The van der Waals surface area contributed by atoms with Gasteiger partial charge in [0.15, 0.2) is 6.29 Å². The molecule has 0 spiro atoms. The lowest BCUT2D eigenvalue weighted by Gasteiger charge is -2.06. The number of ether oxygens (including phenoxy) is 1. The van der Waals surface area contributed by atoms with E-state index in [1.54, 1.807) is 31.2 Å². The molecule has 0 aliphatic heterocycles. The fourth-order valence-electron chi connectivity index (χ4n) is 0.860. The second kappa shape index (κ2) is 4.91. The molecule has 1 atom stereocenters. The summed E-state index contributed by atoms with van der Waals surface area (Å²) in [7, 11) is 0. The Kier molecular flexibility index (Phi) is 3.83. The summed E-state index contributed by atoms with van der Waals surface area (Å²) in [5.74, 6) is -0.127. The van der Waals surface area contributed by atoms with Gasteiger partial charge in [-0.1, -0.05) is 28.1 Å². The molecule has 74 valence electrons.